The highest BCUT2D eigenvalue weighted by Crippen LogP contribution is 2.05. The van der Waals surface area contributed by atoms with Crippen molar-refractivity contribution < 1.29 is 4.79 Å². The second-order valence-electron chi connectivity index (χ2n) is 3.94. The van der Waals surface area contributed by atoms with E-state index in [4.69, 9.17) is 0 Å². The maximum atomic E-state index is 11.3. The molecule has 0 atom stereocenters. The lowest BCUT2D eigenvalue weighted by atomic mass is 10.1. The minimum absolute atomic E-state index is 0.108. The van der Waals surface area contributed by atoms with Gasteiger partial charge in [-0.1, -0.05) is 6.58 Å². The number of thioether (sulfide) groups is 1. The third-order valence-corrected chi connectivity index (χ3v) is 2.06. The first kappa shape index (κ1) is 12.6. The summed E-state index contributed by atoms with van der Waals surface area (Å²) >= 11 is 1.65. The fourth-order valence-electron chi connectivity index (χ4n) is 0.880. The molecule has 0 rings (SSSR count). The van der Waals surface area contributed by atoms with Crippen LogP contribution in [0.1, 0.15) is 33.6 Å². The van der Waals surface area contributed by atoms with E-state index < -0.39 is 0 Å². The fourth-order valence-corrected chi connectivity index (χ4v) is 1.36. The van der Waals surface area contributed by atoms with Crippen LogP contribution in [0.5, 0.6) is 0 Å². The van der Waals surface area contributed by atoms with Gasteiger partial charge in [0.25, 0.3) is 0 Å². The Hall–Kier alpha value is -0.440. The van der Waals surface area contributed by atoms with Gasteiger partial charge in [-0.2, -0.15) is 0 Å². The molecule has 3 heteroatoms. The summed E-state index contributed by atoms with van der Waals surface area (Å²) < 4.78 is 0. The molecule has 76 valence electrons. The molecule has 0 fully saturated rings. The zero-order valence-corrected chi connectivity index (χ0v) is 9.54. The second kappa shape index (κ2) is 6.08. The number of carbonyl (C=O) groups excluding carboxylic acids is 1. The van der Waals surface area contributed by atoms with Crippen molar-refractivity contribution in [3.63, 3.8) is 0 Å². The number of hydrogen-bond acceptors (Lipinski definition) is 2. The average molecular weight is 201 g/mol. The third-order valence-electron chi connectivity index (χ3n) is 1.30. The topological polar surface area (TPSA) is 29.1 Å². The Morgan fingerprint density at radius 1 is 1.54 bits per heavy atom. The first-order chi connectivity index (χ1) is 5.95. The van der Waals surface area contributed by atoms with Crippen molar-refractivity contribution in [3.05, 3.63) is 12.0 Å². The average Bonchev–Trinajstić information content (AvgIpc) is 1.94. The van der Waals surface area contributed by atoms with E-state index in [1.807, 2.05) is 26.2 Å². The summed E-state index contributed by atoms with van der Waals surface area (Å²) in [4.78, 5) is 11.3. The summed E-state index contributed by atoms with van der Waals surface area (Å²) in [6, 6.07) is 0. The monoisotopic (exact) mass is 201 g/mol. The van der Waals surface area contributed by atoms with Gasteiger partial charge < -0.3 is 5.32 Å². The van der Waals surface area contributed by atoms with Crippen LogP contribution < -0.4 is 5.32 Å². The van der Waals surface area contributed by atoms with Gasteiger partial charge in [0.1, 0.15) is 0 Å². The molecule has 0 aliphatic rings. The Balaban J connectivity index is 3.47. The van der Waals surface area contributed by atoms with E-state index in [0.717, 1.165) is 12.2 Å². The Kier molecular flexibility index (Phi) is 5.88. The lowest BCUT2D eigenvalue weighted by Gasteiger charge is -2.20. The van der Waals surface area contributed by atoms with E-state index in [2.05, 4.69) is 11.9 Å². The van der Waals surface area contributed by atoms with Gasteiger partial charge in [0.15, 0.2) is 0 Å². The van der Waals surface area contributed by atoms with Crippen LogP contribution in [0.3, 0.4) is 0 Å². The molecule has 13 heavy (non-hydrogen) atoms. The number of nitrogens with one attached hydrogen (secondary N) is 1. The molecule has 0 heterocycles. The van der Waals surface area contributed by atoms with Gasteiger partial charge in [0.05, 0.1) is 0 Å². The van der Waals surface area contributed by atoms with E-state index in [0.29, 0.717) is 6.42 Å². The molecule has 0 radical (unpaired) electrons. The maximum absolute atomic E-state index is 11.3. The first-order valence-electron chi connectivity index (χ1n) is 4.49. The summed E-state index contributed by atoms with van der Waals surface area (Å²) in [5.41, 5.74) is -0.108. The molecule has 1 N–H and O–H groups in total. The SMILES string of the molecule is C=CSCCCC(=O)NC(C)(C)C. The number of rotatable bonds is 5. The number of carbonyl (C=O) groups is 1. The Morgan fingerprint density at radius 3 is 2.62 bits per heavy atom. The Bertz CT molecular complexity index is 172. The van der Waals surface area contributed by atoms with Crippen LogP contribution in [0.25, 0.3) is 0 Å². The molecule has 0 aliphatic carbocycles. The van der Waals surface area contributed by atoms with E-state index in [-0.39, 0.29) is 11.4 Å². The van der Waals surface area contributed by atoms with Gasteiger partial charge in [0.2, 0.25) is 5.91 Å². The van der Waals surface area contributed by atoms with Crippen molar-refractivity contribution in [1.29, 1.82) is 0 Å². The summed E-state index contributed by atoms with van der Waals surface area (Å²) in [6.45, 7) is 9.57. The number of amides is 1. The molecule has 0 spiro atoms. The second-order valence-corrected chi connectivity index (χ2v) is 5.01. The lowest BCUT2D eigenvalue weighted by molar-refractivity contribution is -0.122. The molecule has 0 saturated carbocycles. The largest absolute Gasteiger partial charge is 0.352 e. The quantitative estimate of drug-likeness (QED) is 0.693. The van der Waals surface area contributed by atoms with Crippen molar-refractivity contribution in [2.24, 2.45) is 0 Å². The molecule has 0 aromatic heterocycles. The van der Waals surface area contributed by atoms with E-state index in [1.165, 1.54) is 0 Å². The lowest BCUT2D eigenvalue weighted by Crippen LogP contribution is -2.40. The third kappa shape index (κ3) is 9.47. The van der Waals surface area contributed by atoms with Crippen molar-refractivity contribution in [2.45, 2.75) is 39.2 Å². The minimum atomic E-state index is -0.108. The summed E-state index contributed by atoms with van der Waals surface area (Å²) in [5, 5.41) is 4.73. The maximum Gasteiger partial charge on any atom is 0.220 e. The van der Waals surface area contributed by atoms with Crippen molar-refractivity contribution in [2.75, 3.05) is 5.75 Å². The van der Waals surface area contributed by atoms with Crippen LogP contribution >= 0.6 is 11.8 Å². The highest BCUT2D eigenvalue weighted by Gasteiger charge is 2.12. The molecule has 0 unspecified atom stereocenters. The van der Waals surface area contributed by atoms with Crippen LogP contribution in [0.2, 0.25) is 0 Å². The molecule has 0 saturated heterocycles. The van der Waals surface area contributed by atoms with E-state index >= 15 is 0 Å². The predicted molar refractivity (Wildman–Crippen MR) is 59.8 cm³/mol. The molecule has 1 amide bonds. The van der Waals surface area contributed by atoms with Gasteiger partial charge in [-0.25, -0.2) is 0 Å². The summed E-state index contributed by atoms with van der Waals surface area (Å²) in [6.07, 6.45) is 1.52. The van der Waals surface area contributed by atoms with Crippen LogP contribution in [-0.2, 0) is 4.79 Å². The van der Waals surface area contributed by atoms with Gasteiger partial charge in [0, 0.05) is 12.0 Å². The molecule has 0 aliphatic heterocycles. The molecule has 0 bridgehead atoms. The normalized spacial score (nSPS) is 11.0. The Morgan fingerprint density at radius 2 is 2.15 bits per heavy atom. The van der Waals surface area contributed by atoms with Gasteiger partial charge in [-0.05, 0) is 38.4 Å². The first-order valence-corrected chi connectivity index (χ1v) is 5.54. The van der Waals surface area contributed by atoms with Crippen molar-refractivity contribution in [3.8, 4) is 0 Å². The highest BCUT2D eigenvalue weighted by atomic mass is 32.2. The fraction of sp³-hybridized carbons (Fsp3) is 0.700. The standard InChI is InChI=1S/C10H19NOS/c1-5-13-8-6-7-9(12)11-10(2,3)4/h5H,1,6-8H2,2-4H3,(H,11,12). The van der Waals surface area contributed by atoms with E-state index in [1.54, 1.807) is 11.8 Å². The van der Waals surface area contributed by atoms with Gasteiger partial charge in [-0.15, -0.1) is 11.8 Å². The molecular formula is C10H19NOS. The van der Waals surface area contributed by atoms with Crippen LogP contribution in [0.4, 0.5) is 0 Å². The predicted octanol–water partition coefficient (Wildman–Crippen LogP) is 2.56. The van der Waals surface area contributed by atoms with Crippen LogP contribution in [-0.4, -0.2) is 17.2 Å². The Labute approximate surface area is 85.2 Å². The van der Waals surface area contributed by atoms with Crippen molar-refractivity contribution in [1.82, 2.24) is 5.32 Å². The van der Waals surface area contributed by atoms with E-state index in [9.17, 15) is 4.79 Å². The zero-order valence-electron chi connectivity index (χ0n) is 8.72. The highest BCUT2D eigenvalue weighted by molar-refractivity contribution is 8.02. The molecule has 0 aromatic carbocycles. The van der Waals surface area contributed by atoms with Crippen molar-refractivity contribution >= 4 is 17.7 Å². The molecule has 2 nitrogen and oxygen atoms in total. The minimum Gasteiger partial charge on any atom is -0.352 e. The summed E-state index contributed by atoms with van der Waals surface area (Å²) in [5.74, 6) is 1.11. The van der Waals surface area contributed by atoms with Crippen LogP contribution in [0, 0.1) is 0 Å². The summed E-state index contributed by atoms with van der Waals surface area (Å²) in [7, 11) is 0. The molecular weight excluding hydrogens is 182 g/mol. The zero-order chi connectivity index (χ0) is 10.3. The van der Waals surface area contributed by atoms with Gasteiger partial charge in [-0.3, -0.25) is 4.79 Å². The smallest absolute Gasteiger partial charge is 0.220 e. The van der Waals surface area contributed by atoms with Gasteiger partial charge >= 0.3 is 0 Å². The number of hydrogen-bond donors (Lipinski definition) is 1. The van der Waals surface area contributed by atoms with Crippen LogP contribution in [0.15, 0.2) is 12.0 Å². The molecule has 0 aromatic rings.